The lowest BCUT2D eigenvalue weighted by atomic mass is 10.1. The summed E-state index contributed by atoms with van der Waals surface area (Å²) < 4.78 is 8.14. The lowest BCUT2D eigenvalue weighted by molar-refractivity contribution is 0.0968. The Kier molecular flexibility index (Phi) is 3.84. The summed E-state index contributed by atoms with van der Waals surface area (Å²) in [6, 6.07) is 4.65. The molecular formula is C17H24N4O. The Morgan fingerprint density at radius 3 is 3.05 bits per heavy atom. The highest BCUT2D eigenvalue weighted by atomic mass is 16.5. The Balaban J connectivity index is 1.65. The van der Waals surface area contributed by atoms with E-state index in [1.165, 1.54) is 31.6 Å². The Labute approximate surface area is 131 Å². The predicted molar refractivity (Wildman–Crippen MR) is 85.9 cm³/mol. The van der Waals surface area contributed by atoms with Crippen molar-refractivity contribution in [1.29, 1.82) is 0 Å². The fourth-order valence-electron chi connectivity index (χ4n) is 3.79. The molecule has 22 heavy (non-hydrogen) atoms. The summed E-state index contributed by atoms with van der Waals surface area (Å²) in [5.41, 5.74) is 2.02. The number of nitrogens with zero attached hydrogens (tertiary/aromatic N) is 4. The maximum absolute atomic E-state index is 5.83. The van der Waals surface area contributed by atoms with Gasteiger partial charge in [0, 0.05) is 25.3 Å². The molecule has 5 heteroatoms. The van der Waals surface area contributed by atoms with Crippen LogP contribution in [0.25, 0.3) is 11.2 Å². The van der Waals surface area contributed by atoms with Gasteiger partial charge in [0.15, 0.2) is 5.65 Å². The minimum Gasteiger partial charge on any atom is -0.376 e. The highest BCUT2D eigenvalue weighted by Gasteiger charge is 2.25. The molecule has 0 aliphatic carbocycles. The number of likely N-dealkylation sites (tertiary alicyclic amines) is 1. The van der Waals surface area contributed by atoms with Gasteiger partial charge in [-0.15, -0.1) is 0 Å². The molecule has 118 valence electrons. The third kappa shape index (κ3) is 2.63. The van der Waals surface area contributed by atoms with Crippen molar-refractivity contribution in [2.24, 2.45) is 0 Å². The second-order valence-corrected chi connectivity index (χ2v) is 6.60. The van der Waals surface area contributed by atoms with Crippen molar-refractivity contribution in [3.05, 3.63) is 24.2 Å². The molecule has 0 radical (unpaired) electrons. The summed E-state index contributed by atoms with van der Waals surface area (Å²) in [6.07, 6.45) is 8.08. The Hall–Kier alpha value is -1.46. The van der Waals surface area contributed by atoms with Gasteiger partial charge in [-0.25, -0.2) is 9.97 Å². The molecular weight excluding hydrogens is 276 g/mol. The SMILES string of the molecule is CN1CCCC1Cc1nc2cccnc2n1CC1CCCO1. The van der Waals surface area contributed by atoms with Crippen LogP contribution in [0.3, 0.4) is 0 Å². The second-order valence-electron chi connectivity index (χ2n) is 6.60. The first-order valence-corrected chi connectivity index (χ1v) is 8.43. The summed E-state index contributed by atoms with van der Waals surface area (Å²) >= 11 is 0. The van der Waals surface area contributed by atoms with Gasteiger partial charge in [-0.2, -0.15) is 0 Å². The fraction of sp³-hybridized carbons (Fsp3) is 0.647. The van der Waals surface area contributed by atoms with Crippen molar-refractivity contribution in [1.82, 2.24) is 19.4 Å². The summed E-state index contributed by atoms with van der Waals surface area (Å²) in [5, 5.41) is 0. The predicted octanol–water partition coefficient (Wildman–Crippen LogP) is 2.25. The summed E-state index contributed by atoms with van der Waals surface area (Å²) in [4.78, 5) is 11.9. The van der Waals surface area contributed by atoms with Crippen LogP contribution in [0.15, 0.2) is 18.3 Å². The lowest BCUT2D eigenvalue weighted by Gasteiger charge is -2.20. The Bertz CT molecular complexity index is 647. The standard InChI is InChI=1S/C17H24N4O/c1-20-9-3-5-13(20)11-16-19-15-7-2-8-18-17(15)21(16)12-14-6-4-10-22-14/h2,7-8,13-14H,3-6,9-12H2,1H3. The first kappa shape index (κ1) is 14.2. The van der Waals surface area contributed by atoms with Crippen molar-refractivity contribution in [3.63, 3.8) is 0 Å². The third-order valence-corrected chi connectivity index (χ3v) is 5.08. The van der Waals surface area contributed by atoms with E-state index in [0.29, 0.717) is 12.1 Å². The molecule has 0 N–H and O–H groups in total. The number of aromatic nitrogens is 3. The Morgan fingerprint density at radius 2 is 2.27 bits per heavy atom. The molecule has 2 aromatic rings. The monoisotopic (exact) mass is 300 g/mol. The molecule has 0 bridgehead atoms. The largest absolute Gasteiger partial charge is 0.376 e. The molecule has 2 saturated heterocycles. The van der Waals surface area contributed by atoms with Crippen LogP contribution in [-0.4, -0.2) is 51.8 Å². The van der Waals surface area contributed by atoms with Crippen LogP contribution in [0, 0.1) is 0 Å². The van der Waals surface area contributed by atoms with E-state index < -0.39 is 0 Å². The molecule has 2 atom stereocenters. The molecule has 0 saturated carbocycles. The van der Waals surface area contributed by atoms with E-state index in [0.717, 1.165) is 37.2 Å². The highest BCUT2D eigenvalue weighted by molar-refractivity contribution is 5.71. The first-order chi connectivity index (χ1) is 10.8. The van der Waals surface area contributed by atoms with Gasteiger partial charge >= 0.3 is 0 Å². The zero-order valence-corrected chi connectivity index (χ0v) is 13.2. The van der Waals surface area contributed by atoms with Gasteiger partial charge in [0.1, 0.15) is 11.3 Å². The molecule has 2 fully saturated rings. The van der Waals surface area contributed by atoms with Crippen molar-refractivity contribution in [3.8, 4) is 0 Å². The van der Waals surface area contributed by atoms with Crippen LogP contribution >= 0.6 is 0 Å². The van der Waals surface area contributed by atoms with Crippen LogP contribution < -0.4 is 0 Å². The van der Waals surface area contributed by atoms with E-state index in [4.69, 9.17) is 9.72 Å². The molecule has 2 aliphatic rings. The van der Waals surface area contributed by atoms with E-state index in [2.05, 4.69) is 27.6 Å². The van der Waals surface area contributed by atoms with Gasteiger partial charge in [0.05, 0.1) is 12.6 Å². The van der Waals surface area contributed by atoms with Crippen LogP contribution in [-0.2, 0) is 17.7 Å². The van der Waals surface area contributed by atoms with Crippen molar-refractivity contribution in [2.75, 3.05) is 20.2 Å². The quantitative estimate of drug-likeness (QED) is 0.868. The zero-order valence-electron chi connectivity index (χ0n) is 13.2. The number of ether oxygens (including phenoxy) is 1. The normalized spacial score (nSPS) is 26.2. The molecule has 2 aromatic heterocycles. The van der Waals surface area contributed by atoms with Gasteiger partial charge in [0.2, 0.25) is 0 Å². The number of fused-ring (bicyclic) bond motifs is 1. The second kappa shape index (κ2) is 5.97. The van der Waals surface area contributed by atoms with Crippen LogP contribution in [0.5, 0.6) is 0 Å². The maximum Gasteiger partial charge on any atom is 0.160 e. The molecule has 4 rings (SSSR count). The van der Waals surface area contributed by atoms with E-state index >= 15 is 0 Å². The maximum atomic E-state index is 5.83. The van der Waals surface area contributed by atoms with E-state index in [1.54, 1.807) is 0 Å². The van der Waals surface area contributed by atoms with Crippen LogP contribution in [0.1, 0.15) is 31.5 Å². The topological polar surface area (TPSA) is 43.2 Å². The zero-order chi connectivity index (χ0) is 14.9. The fourth-order valence-corrected chi connectivity index (χ4v) is 3.79. The molecule has 0 spiro atoms. The highest BCUT2D eigenvalue weighted by Crippen LogP contribution is 2.23. The summed E-state index contributed by atoms with van der Waals surface area (Å²) in [5.74, 6) is 1.17. The molecule has 5 nitrogen and oxygen atoms in total. The van der Waals surface area contributed by atoms with Gasteiger partial charge in [0.25, 0.3) is 0 Å². The minimum absolute atomic E-state index is 0.319. The minimum atomic E-state index is 0.319. The molecule has 2 aliphatic heterocycles. The number of rotatable bonds is 4. The van der Waals surface area contributed by atoms with Gasteiger partial charge in [-0.05, 0) is 51.4 Å². The Morgan fingerprint density at radius 1 is 1.32 bits per heavy atom. The third-order valence-electron chi connectivity index (χ3n) is 5.08. The van der Waals surface area contributed by atoms with E-state index in [9.17, 15) is 0 Å². The lowest BCUT2D eigenvalue weighted by Crippen LogP contribution is -2.29. The first-order valence-electron chi connectivity index (χ1n) is 8.43. The summed E-state index contributed by atoms with van der Waals surface area (Å²) in [6.45, 7) is 2.99. The smallest absolute Gasteiger partial charge is 0.160 e. The number of pyridine rings is 1. The van der Waals surface area contributed by atoms with Crippen LogP contribution in [0.2, 0.25) is 0 Å². The molecule has 2 unspecified atom stereocenters. The summed E-state index contributed by atoms with van der Waals surface area (Å²) in [7, 11) is 2.23. The van der Waals surface area contributed by atoms with Gasteiger partial charge in [-0.3, -0.25) is 0 Å². The van der Waals surface area contributed by atoms with E-state index in [-0.39, 0.29) is 0 Å². The number of hydrogen-bond acceptors (Lipinski definition) is 4. The molecule has 0 aromatic carbocycles. The number of hydrogen-bond donors (Lipinski definition) is 0. The van der Waals surface area contributed by atoms with Crippen molar-refractivity contribution in [2.45, 2.75) is 50.8 Å². The van der Waals surface area contributed by atoms with Crippen molar-refractivity contribution >= 4 is 11.2 Å². The average molecular weight is 300 g/mol. The van der Waals surface area contributed by atoms with Crippen molar-refractivity contribution < 1.29 is 4.74 Å². The number of likely N-dealkylation sites (N-methyl/N-ethyl adjacent to an activating group) is 1. The number of imidazole rings is 1. The van der Waals surface area contributed by atoms with Gasteiger partial charge in [-0.1, -0.05) is 0 Å². The molecule has 4 heterocycles. The van der Waals surface area contributed by atoms with Crippen LogP contribution in [0.4, 0.5) is 0 Å². The molecule has 0 amide bonds. The van der Waals surface area contributed by atoms with E-state index in [1.807, 2.05) is 12.3 Å². The average Bonchev–Trinajstić information content (AvgIpc) is 3.24. The van der Waals surface area contributed by atoms with Gasteiger partial charge < -0.3 is 14.2 Å².